The number of rotatable bonds is 2. The summed E-state index contributed by atoms with van der Waals surface area (Å²) in [6.07, 6.45) is 3.43. The Labute approximate surface area is 108 Å². The number of fused-ring (bicyclic) bond motifs is 1. The van der Waals surface area contributed by atoms with Gasteiger partial charge in [0.2, 0.25) is 0 Å². The predicted molar refractivity (Wildman–Crippen MR) is 72.3 cm³/mol. The molecule has 0 aliphatic heterocycles. The number of nitrogens with zero attached hydrogens (tertiary/aromatic N) is 4. The van der Waals surface area contributed by atoms with Crippen molar-refractivity contribution in [3.05, 3.63) is 35.2 Å². The molecule has 0 amide bonds. The van der Waals surface area contributed by atoms with Crippen LogP contribution in [0, 0.1) is 0 Å². The topological polar surface area (TPSA) is 58.9 Å². The summed E-state index contributed by atoms with van der Waals surface area (Å²) in [5.74, 6) is 0. The summed E-state index contributed by atoms with van der Waals surface area (Å²) >= 11 is 10.8. The third-order valence-corrected chi connectivity index (χ3v) is 2.74. The average Bonchev–Trinajstić information content (AvgIpc) is 2.61. The van der Waals surface area contributed by atoms with Crippen LogP contribution in [0.4, 0.5) is 0 Å². The minimum Gasteiger partial charge on any atom is -0.375 e. The fourth-order valence-electron chi connectivity index (χ4n) is 1.30. The van der Waals surface area contributed by atoms with Gasteiger partial charge in [-0.15, -0.1) is 0 Å². The zero-order valence-electron chi connectivity index (χ0n) is 9.04. The normalized spacial score (nSPS) is 11.2. The van der Waals surface area contributed by atoms with Gasteiger partial charge in [-0.1, -0.05) is 17.7 Å². The van der Waals surface area contributed by atoms with Gasteiger partial charge in [0.1, 0.15) is 11.3 Å². The average molecular weight is 268 g/mol. The number of halogens is 1. The van der Waals surface area contributed by atoms with Gasteiger partial charge < -0.3 is 5.73 Å². The van der Waals surface area contributed by atoms with Crippen molar-refractivity contribution >= 4 is 40.8 Å². The highest BCUT2D eigenvalue weighted by Crippen LogP contribution is 2.15. The van der Waals surface area contributed by atoms with E-state index in [4.69, 9.17) is 29.6 Å². The molecule has 0 aliphatic carbocycles. The fourth-order valence-corrected chi connectivity index (χ4v) is 1.57. The van der Waals surface area contributed by atoms with Gasteiger partial charge in [-0.2, -0.15) is 5.10 Å². The first-order valence-electron chi connectivity index (χ1n) is 4.79. The quantitative estimate of drug-likeness (QED) is 0.509. The number of nitrogens with two attached hydrogens (primary N) is 1. The summed E-state index contributed by atoms with van der Waals surface area (Å²) < 4.78 is 1.83. The van der Waals surface area contributed by atoms with Crippen molar-refractivity contribution in [1.82, 2.24) is 14.4 Å². The molecule has 17 heavy (non-hydrogen) atoms. The van der Waals surface area contributed by atoms with Crippen LogP contribution in [-0.4, -0.2) is 32.8 Å². The zero-order valence-corrected chi connectivity index (χ0v) is 10.6. The molecule has 2 rings (SSSR count). The number of aromatic nitrogens is 2. The molecule has 0 radical (unpaired) electrons. The first-order chi connectivity index (χ1) is 8.09. The van der Waals surface area contributed by atoms with Gasteiger partial charge in [0.25, 0.3) is 0 Å². The van der Waals surface area contributed by atoms with E-state index in [2.05, 4.69) is 10.1 Å². The van der Waals surface area contributed by atoms with Gasteiger partial charge >= 0.3 is 0 Å². The molecular weight excluding hydrogens is 258 g/mol. The second kappa shape index (κ2) is 4.68. The molecule has 2 aromatic heterocycles. The lowest BCUT2D eigenvalue weighted by atomic mass is 10.4. The Morgan fingerprint density at radius 3 is 3.12 bits per heavy atom. The van der Waals surface area contributed by atoms with E-state index in [0.717, 1.165) is 5.65 Å². The number of pyridine rings is 1. The first-order valence-corrected chi connectivity index (χ1v) is 5.58. The van der Waals surface area contributed by atoms with Crippen molar-refractivity contribution in [1.29, 1.82) is 0 Å². The van der Waals surface area contributed by atoms with Crippen LogP contribution in [0.25, 0.3) is 5.65 Å². The highest BCUT2D eigenvalue weighted by Gasteiger charge is 2.07. The Morgan fingerprint density at radius 2 is 2.41 bits per heavy atom. The lowest BCUT2D eigenvalue weighted by Crippen LogP contribution is -2.27. The van der Waals surface area contributed by atoms with Crippen LogP contribution >= 0.6 is 23.8 Å². The molecule has 7 heteroatoms. The van der Waals surface area contributed by atoms with Crippen molar-refractivity contribution in [3.63, 3.8) is 0 Å². The van der Waals surface area contributed by atoms with Crippen LogP contribution in [0.5, 0.6) is 0 Å². The van der Waals surface area contributed by atoms with Crippen molar-refractivity contribution in [2.45, 2.75) is 0 Å². The molecule has 0 aromatic carbocycles. The van der Waals surface area contributed by atoms with E-state index in [9.17, 15) is 0 Å². The molecule has 0 saturated heterocycles. The minimum atomic E-state index is 0.186. The molecule has 2 N–H and O–H groups in total. The van der Waals surface area contributed by atoms with Crippen molar-refractivity contribution in [2.75, 3.05) is 7.05 Å². The summed E-state index contributed by atoms with van der Waals surface area (Å²) in [7, 11) is 1.66. The predicted octanol–water partition coefficient (Wildman–Crippen LogP) is 1.50. The van der Waals surface area contributed by atoms with Crippen LogP contribution in [-0.2, 0) is 0 Å². The Kier molecular flexibility index (Phi) is 3.26. The summed E-state index contributed by atoms with van der Waals surface area (Å²) in [6, 6.07) is 5.64. The molecule has 0 bridgehead atoms. The maximum atomic E-state index is 6.02. The van der Waals surface area contributed by atoms with E-state index < -0.39 is 0 Å². The molecule has 5 nitrogen and oxygen atoms in total. The van der Waals surface area contributed by atoms with Gasteiger partial charge in [-0.05, 0) is 24.4 Å². The van der Waals surface area contributed by atoms with Gasteiger partial charge in [-0.3, -0.25) is 4.40 Å². The maximum absolute atomic E-state index is 6.02. The van der Waals surface area contributed by atoms with Crippen LogP contribution in [0.1, 0.15) is 5.69 Å². The molecule has 0 unspecified atom stereocenters. The maximum Gasteiger partial charge on any atom is 0.186 e. The minimum absolute atomic E-state index is 0.186. The zero-order chi connectivity index (χ0) is 12.4. The second-order valence-electron chi connectivity index (χ2n) is 3.32. The fraction of sp³-hybridized carbons (Fsp3) is 0.100. The molecule has 2 heterocycles. The standard InChI is InChI=1S/C10H10ClN5S/c1-15(10(12)17)13-6-7-9(11)14-8-4-2-3-5-16(7)8/h2-6H,1H3,(H2,12,17)/b13-6-. The molecule has 0 atom stereocenters. The summed E-state index contributed by atoms with van der Waals surface area (Å²) in [6.45, 7) is 0. The van der Waals surface area contributed by atoms with Gasteiger partial charge in [0.15, 0.2) is 10.3 Å². The van der Waals surface area contributed by atoms with E-state index in [1.807, 2.05) is 28.8 Å². The molecular formula is C10H10ClN5S. The van der Waals surface area contributed by atoms with Crippen molar-refractivity contribution in [3.8, 4) is 0 Å². The van der Waals surface area contributed by atoms with Crippen LogP contribution in [0.3, 0.4) is 0 Å². The number of imidazole rings is 1. The molecule has 0 spiro atoms. The SMILES string of the molecule is CN(/N=C\c1c(Cl)nc2ccccn12)C(N)=S. The lowest BCUT2D eigenvalue weighted by Gasteiger charge is -2.08. The number of thiocarbonyl (C=S) groups is 1. The number of hydrogen-bond donors (Lipinski definition) is 1. The number of hydrazone groups is 1. The molecule has 0 aliphatic rings. The Balaban J connectivity index is 2.42. The molecule has 2 aromatic rings. The smallest absolute Gasteiger partial charge is 0.186 e. The summed E-state index contributed by atoms with van der Waals surface area (Å²) in [4.78, 5) is 4.19. The molecule has 0 saturated carbocycles. The first kappa shape index (κ1) is 11.8. The third kappa shape index (κ3) is 2.37. The summed E-state index contributed by atoms with van der Waals surface area (Å²) in [5.41, 5.74) is 6.86. The summed E-state index contributed by atoms with van der Waals surface area (Å²) in [5, 5.41) is 6.03. The lowest BCUT2D eigenvalue weighted by molar-refractivity contribution is 0.552. The van der Waals surface area contributed by atoms with Gasteiger partial charge in [0, 0.05) is 13.2 Å². The van der Waals surface area contributed by atoms with E-state index in [0.29, 0.717) is 10.8 Å². The van der Waals surface area contributed by atoms with Crippen LogP contribution in [0.2, 0.25) is 5.15 Å². The monoisotopic (exact) mass is 267 g/mol. The van der Waals surface area contributed by atoms with E-state index >= 15 is 0 Å². The van der Waals surface area contributed by atoms with E-state index in [1.54, 1.807) is 13.3 Å². The third-order valence-electron chi connectivity index (χ3n) is 2.19. The second-order valence-corrected chi connectivity index (χ2v) is 4.10. The van der Waals surface area contributed by atoms with Crippen molar-refractivity contribution < 1.29 is 0 Å². The largest absolute Gasteiger partial charge is 0.375 e. The molecule has 0 fully saturated rings. The van der Waals surface area contributed by atoms with Gasteiger partial charge in [0.05, 0.1) is 6.21 Å². The van der Waals surface area contributed by atoms with E-state index in [-0.39, 0.29) is 5.11 Å². The molecule has 88 valence electrons. The highest BCUT2D eigenvalue weighted by atomic mass is 35.5. The van der Waals surface area contributed by atoms with Crippen molar-refractivity contribution in [2.24, 2.45) is 10.8 Å². The highest BCUT2D eigenvalue weighted by molar-refractivity contribution is 7.80. The van der Waals surface area contributed by atoms with Gasteiger partial charge in [-0.25, -0.2) is 9.99 Å². The van der Waals surface area contributed by atoms with Crippen LogP contribution < -0.4 is 5.73 Å². The Bertz CT molecular complexity index is 591. The van der Waals surface area contributed by atoms with Crippen LogP contribution in [0.15, 0.2) is 29.5 Å². The Hall–Kier alpha value is -1.66. The number of hydrogen-bond acceptors (Lipinski definition) is 3. The Morgan fingerprint density at radius 1 is 1.65 bits per heavy atom. The van der Waals surface area contributed by atoms with E-state index in [1.165, 1.54) is 5.01 Å².